The molecule has 0 aromatic carbocycles. The second kappa shape index (κ2) is 7.40. The van der Waals surface area contributed by atoms with Gasteiger partial charge in [-0.2, -0.15) is 0 Å². The first kappa shape index (κ1) is 16.9. The highest BCUT2D eigenvalue weighted by atomic mass is 16.5. The van der Waals surface area contributed by atoms with Crippen LogP contribution in [0.25, 0.3) is 0 Å². The Morgan fingerprint density at radius 2 is 2.04 bits per heavy atom. The average molecular weight is 344 g/mol. The Morgan fingerprint density at radius 1 is 1.20 bits per heavy atom. The number of aryl methyl sites for hydroxylation is 1. The monoisotopic (exact) mass is 344 g/mol. The topological polar surface area (TPSA) is 48.9 Å². The molecule has 3 fully saturated rings. The summed E-state index contributed by atoms with van der Waals surface area (Å²) in [5, 5.41) is 0. The van der Waals surface area contributed by atoms with E-state index in [4.69, 9.17) is 4.74 Å². The average Bonchev–Trinajstić information content (AvgIpc) is 3.28. The predicted molar refractivity (Wildman–Crippen MR) is 95.7 cm³/mol. The van der Waals surface area contributed by atoms with Crippen molar-refractivity contribution in [3.05, 3.63) is 29.6 Å². The zero-order valence-electron chi connectivity index (χ0n) is 15.1. The molecule has 1 amide bonds. The minimum atomic E-state index is 0.0289. The van der Waals surface area contributed by atoms with Gasteiger partial charge in [-0.3, -0.25) is 9.69 Å². The van der Waals surface area contributed by atoms with Crippen LogP contribution < -0.4 is 0 Å². The number of carbonyl (C=O) groups excluding carboxylic acids is 1. The Morgan fingerprint density at radius 3 is 2.84 bits per heavy atom. The first-order valence-corrected chi connectivity index (χ1v) is 9.51. The molecule has 0 radical (unpaired) electrons. The van der Waals surface area contributed by atoms with E-state index in [-0.39, 0.29) is 12.0 Å². The molecule has 0 spiro atoms. The van der Waals surface area contributed by atoms with E-state index in [9.17, 15) is 4.79 Å². The number of aromatic nitrogens is 1. The largest absolute Gasteiger partial charge is 0.373 e. The van der Waals surface area contributed by atoms with Gasteiger partial charge in [-0.05, 0) is 45.0 Å². The lowest BCUT2D eigenvalue weighted by atomic mass is 10.1. The lowest BCUT2D eigenvalue weighted by molar-refractivity contribution is -0.0487. The van der Waals surface area contributed by atoms with Crippen LogP contribution in [0, 0.1) is 6.92 Å². The SMILES string of the molecule is Cc1cccc(C(=O)N2C[C@@H]3OCCN(CCN4CCCC4)[C@@H]3C2)n1. The van der Waals surface area contributed by atoms with E-state index in [0.717, 1.165) is 38.5 Å². The van der Waals surface area contributed by atoms with Crippen molar-refractivity contribution in [3.63, 3.8) is 0 Å². The van der Waals surface area contributed by atoms with Gasteiger partial charge in [0.15, 0.2) is 0 Å². The molecule has 0 N–H and O–H groups in total. The molecule has 3 aliphatic rings. The van der Waals surface area contributed by atoms with Gasteiger partial charge in [-0.1, -0.05) is 6.07 Å². The number of morpholine rings is 1. The van der Waals surface area contributed by atoms with Crippen LogP contribution in [-0.4, -0.2) is 90.2 Å². The van der Waals surface area contributed by atoms with Gasteiger partial charge in [0.05, 0.1) is 18.8 Å². The second-order valence-electron chi connectivity index (χ2n) is 7.44. The van der Waals surface area contributed by atoms with Crippen LogP contribution in [0.15, 0.2) is 18.2 Å². The van der Waals surface area contributed by atoms with Gasteiger partial charge < -0.3 is 14.5 Å². The van der Waals surface area contributed by atoms with E-state index in [1.807, 2.05) is 30.0 Å². The lowest BCUT2D eigenvalue weighted by Gasteiger charge is -2.37. The highest BCUT2D eigenvalue weighted by Gasteiger charge is 2.42. The summed E-state index contributed by atoms with van der Waals surface area (Å²) in [7, 11) is 0. The molecule has 1 aromatic rings. The maximum atomic E-state index is 12.8. The van der Waals surface area contributed by atoms with Gasteiger partial charge in [0, 0.05) is 38.4 Å². The molecule has 0 aliphatic carbocycles. The van der Waals surface area contributed by atoms with Gasteiger partial charge in [0.2, 0.25) is 0 Å². The number of hydrogen-bond donors (Lipinski definition) is 0. The Bertz CT molecular complexity index is 617. The smallest absolute Gasteiger partial charge is 0.272 e. The van der Waals surface area contributed by atoms with Crippen LogP contribution in [-0.2, 0) is 4.74 Å². The third kappa shape index (κ3) is 3.71. The van der Waals surface area contributed by atoms with Crippen molar-refractivity contribution in [3.8, 4) is 0 Å². The normalized spacial score (nSPS) is 27.6. The second-order valence-corrected chi connectivity index (χ2v) is 7.44. The number of rotatable bonds is 4. The third-order valence-electron chi connectivity index (χ3n) is 5.71. The molecule has 0 bridgehead atoms. The van der Waals surface area contributed by atoms with E-state index < -0.39 is 0 Å². The molecule has 3 saturated heterocycles. The van der Waals surface area contributed by atoms with Gasteiger partial charge in [-0.15, -0.1) is 0 Å². The summed E-state index contributed by atoms with van der Waals surface area (Å²) in [5.41, 5.74) is 1.42. The Hall–Kier alpha value is -1.50. The summed E-state index contributed by atoms with van der Waals surface area (Å²) < 4.78 is 5.97. The van der Waals surface area contributed by atoms with Crippen LogP contribution in [0.5, 0.6) is 0 Å². The minimum Gasteiger partial charge on any atom is -0.373 e. The van der Waals surface area contributed by atoms with E-state index in [1.165, 1.54) is 25.9 Å². The van der Waals surface area contributed by atoms with Crippen LogP contribution in [0.4, 0.5) is 0 Å². The minimum absolute atomic E-state index is 0.0289. The first-order valence-electron chi connectivity index (χ1n) is 9.51. The van der Waals surface area contributed by atoms with E-state index in [1.54, 1.807) is 0 Å². The molecule has 6 nitrogen and oxygen atoms in total. The molecule has 0 saturated carbocycles. The number of amides is 1. The fourth-order valence-electron chi connectivity index (χ4n) is 4.30. The zero-order chi connectivity index (χ0) is 17.2. The molecule has 2 atom stereocenters. The number of carbonyl (C=O) groups is 1. The summed E-state index contributed by atoms with van der Waals surface area (Å²) in [5.74, 6) is 0.0289. The number of likely N-dealkylation sites (tertiary alicyclic amines) is 2. The molecule has 4 rings (SSSR count). The third-order valence-corrected chi connectivity index (χ3v) is 5.71. The summed E-state index contributed by atoms with van der Waals surface area (Å²) in [6.45, 7) is 9.78. The van der Waals surface area contributed by atoms with Crippen molar-refractivity contribution in [1.29, 1.82) is 0 Å². The zero-order valence-corrected chi connectivity index (χ0v) is 15.1. The molecule has 25 heavy (non-hydrogen) atoms. The quantitative estimate of drug-likeness (QED) is 0.816. The van der Waals surface area contributed by atoms with Gasteiger partial charge in [0.1, 0.15) is 5.69 Å². The summed E-state index contributed by atoms with van der Waals surface area (Å²) in [4.78, 5) is 24.2. The fraction of sp³-hybridized carbons (Fsp3) is 0.684. The van der Waals surface area contributed by atoms with Crippen molar-refractivity contribution >= 4 is 5.91 Å². The molecular formula is C19H28N4O2. The van der Waals surface area contributed by atoms with Crippen LogP contribution in [0.1, 0.15) is 29.0 Å². The number of pyridine rings is 1. The number of ether oxygens (including phenoxy) is 1. The molecule has 136 valence electrons. The Labute approximate surface area is 149 Å². The van der Waals surface area contributed by atoms with Crippen LogP contribution in [0.3, 0.4) is 0 Å². The maximum Gasteiger partial charge on any atom is 0.272 e. The summed E-state index contributed by atoms with van der Waals surface area (Å²) in [6, 6.07) is 5.95. The highest BCUT2D eigenvalue weighted by Crippen LogP contribution is 2.24. The predicted octanol–water partition coefficient (Wildman–Crippen LogP) is 1.01. The molecule has 6 heteroatoms. The van der Waals surface area contributed by atoms with Crippen molar-refractivity contribution in [2.75, 3.05) is 52.4 Å². The molecule has 0 unspecified atom stereocenters. The number of nitrogens with zero attached hydrogens (tertiary/aromatic N) is 4. The maximum absolute atomic E-state index is 12.8. The van der Waals surface area contributed by atoms with E-state index in [0.29, 0.717) is 18.3 Å². The number of hydrogen-bond acceptors (Lipinski definition) is 5. The van der Waals surface area contributed by atoms with Gasteiger partial charge in [0.25, 0.3) is 5.91 Å². The van der Waals surface area contributed by atoms with Crippen LogP contribution in [0.2, 0.25) is 0 Å². The summed E-state index contributed by atoms with van der Waals surface area (Å²) >= 11 is 0. The molecule has 4 heterocycles. The summed E-state index contributed by atoms with van der Waals surface area (Å²) in [6.07, 6.45) is 2.81. The molecule has 3 aliphatic heterocycles. The number of fused-ring (bicyclic) bond motifs is 1. The van der Waals surface area contributed by atoms with Crippen molar-refractivity contribution in [2.45, 2.75) is 31.9 Å². The Kier molecular flexibility index (Phi) is 5.01. The highest BCUT2D eigenvalue weighted by molar-refractivity contribution is 5.92. The molecular weight excluding hydrogens is 316 g/mol. The van der Waals surface area contributed by atoms with E-state index >= 15 is 0 Å². The fourth-order valence-corrected chi connectivity index (χ4v) is 4.30. The standard InChI is InChI=1S/C19H28N4O2/c1-15-5-4-6-16(20-15)19(24)23-13-17-18(14-23)25-12-11-22(17)10-9-21-7-2-3-8-21/h4-6,17-18H,2-3,7-14H2,1H3/t17-,18+/m1/s1. The van der Waals surface area contributed by atoms with Gasteiger partial charge >= 0.3 is 0 Å². The van der Waals surface area contributed by atoms with Crippen LogP contribution >= 0.6 is 0 Å². The first-order chi connectivity index (χ1) is 12.2. The van der Waals surface area contributed by atoms with Crippen molar-refractivity contribution in [2.24, 2.45) is 0 Å². The molecule has 1 aromatic heterocycles. The lowest BCUT2D eigenvalue weighted by Crippen LogP contribution is -2.52. The Balaban J connectivity index is 1.39. The van der Waals surface area contributed by atoms with E-state index in [2.05, 4.69) is 14.8 Å². The van der Waals surface area contributed by atoms with Gasteiger partial charge in [-0.25, -0.2) is 4.98 Å². The van der Waals surface area contributed by atoms with Crippen molar-refractivity contribution in [1.82, 2.24) is 19.7 Å². The van der Waals surface area contributed by atoms with Crippen molar-refractivity contribution < 1.29 is 9.53 Å².